The summed E-state index contributed by atoms with van der Waals surface area (Å²) in [7, 11) is -3.03. The maximum absolute atomic E-state index is 11.6. The summed E-state index contributed by atoms with van der Waals surface area (Å²) in [6.07, 6.45) is 3.98. The van der Waals surface area contributed by atoms with Gasteiger partial charge in [0.25, 0.3) is 0 Å². The Hall–Kier alpha value is -0.780. The molecule has 1 fully saturated rings. The second-order valence-corrected chi connectivity index (χ2v) is 7.97. The number of rotatable bonds is 4. The number of hydrogen-bond donors (Lipinski definition) is 1. The second kappa shape index (κ2) is 6.33. The monoisotopic (exact) mass is 318 g/mol. The average molecular weight is 319 g/mol. The van der Waals surface area contributed by atoms with Crippen LogP contribution in [0.25, 0.3) is 0 Å². The third-order valence-corrected chi connectivity index (χ3v) is 5.70. The summed E-state index contributed by atoms with van der Waals surface area (Å²) >= 11 is 6.01. The first-order chi connectivity index (χ1) is 9.41. The van der Waals surface area contributed by atoms with E-state index in [9.17, 15) is 13.5 Å². The smallest absolute Gasteiger partial charge is 0.150 e. The first-order valence-corrected chi connectivity index (χ1v) is 8.99. The number of halogens is 1. The molecule has 0 aliphatic heterocycles. The van der Waals surface area contributed by atoms with Gasteiger partial charge in [-0.25, -0.2) is 8.42 Å². The highest BCUT2D eigenvalue weighted by atomic mass is 35.5. The quantitative estimate of drug-likeness (QED) is 0.926. The van der Waals surface area contributed by atoms with E-state index >= 15 is 0 Å². The molecule has 1 N–H and O–H groups in total. The van der Waals surface area contributed by atoms with Crippen molar-refractivity contribution in [3.05, 3.63) is 28.8 Å². The van der Waals surface area contributed by atoms with E-state index in [1.54, 1.807) is 18.2 Å². The molecule has 1 aromatic rings. The van der Waals surface area contributed by atoms with E-state index in [4.69, 9.17) is 16.3 Å². The predicted molar refractivity (Wildman–Crippen MR) is 78.9 cm³/mol. The van der Waals surface area contributed by atoms with Gasteiger partial charge in [0.1, 0.15) is 15.6 Å². The highest BCUT2D eigenvalue weighted by Crippen LogP contribution is 2.31. The fourth-order valence-corrected chi connectivity index (χ4v) is 3.96. The summed E-state index contributed by atoms with van der Waals surface area (Å²) in [6.45, 7) is -0.197. The molecule has 1 aliphatic rings. The van der Waals surface area contributed by atoms with Crippen LogP contribution >= 0.6 is 11.6 Å². The molecular formula is C14H19ClO4S. The van der Waals surface area contributed by atoms with Crippen molar-refractivity contribution < 1.29 is 18.3 Å². The largest absolute Gasteiger partial charge is 0.490 e. The highest BCUT2D eigenvalue weighted by Gasteiger charge is 2.30. The minimum absolute atomic E-state index is 0.146. The topological polar surface area (TPSA) is 63.6 Å². The third-order valence-electron chi connectivity index (χ3n) is 3.71. The van der Waals surface area contributed by atoms with Crippen molar-refractivity contribution in [1.29, 1.82) is 0 Å². The minimum atomic E-state index is -3.03. The van der Waals surface area contributed by atoms with Gasteiger partial charge in [-0.1, -0.05) is 17.7 Å². The Kier molecular flexibility index (Phi) is 4.94. The lowest BCUT2D eigenvalue weighted by molar-refractivity contribution is 0.151. The van der Waals surface area contributed by atoms with E-state index < -0.39 is 9.84 Å². The van der Waals surface area contributed by atoms with Crippen molar-refractivity contribution in [2.75, 3.05) is 6.26 Å². The molecule has 0 amide bonds. The van der Waals surface area contributed by atoms with Gasteiger partial charge in [-0.3, -0.25) is 0 Å². The normalized spacial score (nSPS) is 23.6. The van der Waals surface area contributed by atoms with Gasteiger partial charge < -0.3 is 9.84 Å². The minimum Gasteiger partial charge on any atom is -0.490 e. The Morgan fingerprint density at radius 1 is 1.40 bits per heavy atom. The van der Waals surface area contributed by atoms with Crippen LogP contribution in [0.15, 0.2) is 18.2 Å². The van der Waals surface area contributed by atoms with Gasteiger partial charge in [0.15, 0.2) is 0 Å². The standard InChI is InChI=1S/C14H19ClO4S/c1-20(17,18)11-5-2-4-10(8-11)19-14-7-3-6-13(15)12(14)9-16/h3,6-7,10-11,16H,2,4-5,8-9H2,1H3. The van der Waals surface area contributed by atoms with Crippen LogP contribution in [0.2, 0.25) is 5.02 Å². The number of ether oxygens (including phenoxy) is 1. The Labute approximate surface area is 124 Å². The molecule has 2 atom stereocenters. The first kappa shape index (κ1) is 15.6. The molecule has 1 saturated carbocycles. The van der Waals surface area contributed by atoms with Crippen LogP contribution in [0, 0.1) is 0 Å². The van der Waals surface area contributed by atoms with Crippen LogP contribution in [-0.2, 0) is 16.4 Å². The zero-order chi connectivity index (χ0) is 14.8. The summed E-state index contributed by atoms with van der Waals surface area (Å²) < 4.78 is 29.2. The zero-order valence-corrected chi connectivity index (χ0v) is 13.0. The number of aliphatic hydroxyl groups is 1. The van der Waals surface area contributed by atoms with Crippen LogP contribution in [0.1, 0.15) is 31.2 Å². The van der Waals surface area contributed by atoms with Crippen LogP contribution in [0.5, 0.6) is 5.75 Å². The summed E-state index contributed by atoms with van der Waals surface area (Å²) in [5.41, 5.74) is 0.552. The highest BCUT2D eigenvalue weighted by molar-refractivity contribution is 7.91. The Morgan fingerprint density at radius 2 is 2.15 bits per heavy atom. The lowest BCUT2D eigenvalue weighted by Crippen LogP contribution is -2.33. The van der Waals surface area contributed by atoms with Crippen molar-refractivity contribution in [1.82, 2.24) is 0 Å². The molecule has 0 aromatic heterocycles. The maximum Gasteiger partial charge on any atom is 0.150 e. The van der Waals surface area contributed by atoms with E-state index in [-0.39, 0.29) is 18.0 Å². The van der Waals surface area contributed by atoms with Gasteiger partial charge >= 0.3 is 0 Å². The predicted octanol–water partition coefficient (Wildman–Crippen LogP) is 2.57. The molecule has 2 rings (SSSR count). The van der Waals surface area contributed by atoms with Gasteiger partial charge in [-0.15, -0.1) is 0 Å². The van der Waals surface area contributed by atoms with Crippen molar-refractivity contribution in [3.8, 4) is 5.75 Å². The SMILES string of the molecule is CS(=O)(=O)C1CCCC(Oc2cccc(Cl)c2CO)C1. The van der Waals surface area contributed by atoms with E-state index in [0.717, 1.165) is 12.8 Å². The summed E-state index contributed by atoms with van der Waals surface area (Å²) in [5, 5.41) is 9.47. The average Bonchev–Trinajstić information content (AvgIpc) is 2.38. The van der Waals surface area contributed by atoms with E-state index in [1.807, 2.05) is 0 Å². The van der Waals surface area contributed by atoms with E-state index in [1.165, 1.54) is 6.26 Å². The maximum atomic E-state index is 11.6. The summed E-state index contributed by atoms with van der Waals surface area (Å²) in [5.74, 6) is 0.541. The first-order valence-electron chi connectivity index (χ1n) is 6.65. The summed E-state index contributed by atoms with van der Waals surface area (Å²) in [6, 6.07) is 5.20. The van der Waals surface area contributed by atoms with Crippen LogP contribution in [-0.4, -0.2) is 31.1 Å². The lowest BCUT2D eigenvalue weighted by atomic mass is 9.97. The van der Waals surface area contributed by atoms with Gasteiger partial charge in [0.2, 0.25) is 0 Å². The second-order valence-electron chi connectivity index (χ2n) is 5.23. The van der Waals surface area contributed by atoms with Crippen molar-refractivity contribution in [3.63, 3.8) is 0 Å². The molecule has 2 unspecified atom stereocenters. The van der Waals surface area contributed by atoms with E-state index in [0.29, 0.717) is 29.2 Å². The molecule has 6 heteroatoms. The van der Waals surface area contributed by atoms with E-state index in [2.05, 4.69) is 0 Å². The molecule has 20 heavy (non-hydrogen) atoms. The lowest BCUT2D eigenvalue weighted by Gasteiger charge is -2.29. The number of benzene rings is 1. The van der Waals surface area contributed by atoms with Gasteiger partial charge in [0, 0.05) is 23.3 Å². The molecular weight excluding hydrogens is 300 g/mol. The molecule has 0 spiro atoms. The molecule has 0 heterocycles. The molecule has 0 radical (unpaired) electrons. The van der Waals surface area contributed by atoms with Crippen LogP contribution in [0.4, 0.5) is 0 Å². The fourth-order valence-electron chi connectivity index (χ4n) is 2.58. The van der Waals surface area contributed by atoms with Gasteiger partial charge in [0.05, 0.1) is 18.0 Å². The molecule has 0 saturated heterocycles. The van der Waals surface area contributed by atoms with Crippen molar-refractivity contribution >= 4 is 21.4 Å². The molecule has 1 aliphatic carbocycles. The zero-order valence-electron chi connectivity index (χ0n) is 11.4. The summed E-state index contributed by atoms with van der Waals surface area (Å²) in [4.78, 5) is 0. The Morgan fingerprint density at radius 3 is 2.80 bits per heavy atom. The van der Waals surface area contributed by atoms with Gasteiger partial charge in [-0.2, -0.15) is 0 Å². The molecule has 112 valence electrons. The van der Waals surface area contributed by atoms with Crippen LogP contribution in [0.3, 0.4) is 0 Å². The van der Waals surface area contributed by atoms with Gasteiger partial charge in [-0.05, 0) is 31.4 Å². The Bertz CT molecular complexity index is 571. The third kappa shape index (κ3) is 3.65. The molecule has 4 nitrogen and oxygen atoms in total. The van der Waals surface area contributed by atoms with Crippen LogP contribution < -0.4 is 4.74 Å². The molecule has 1 aromatic carbocycles. The fraction of sp³-hybridized carbons (Fsp3) is 0.571. The van der Waals surface area contributed by atoms with Crippen molar-refractivity contribution in [2.45, 2.75) is 43.6 Å². The number of sulfone groups is 1. The Balaban J connectivity index is 2.12. The number of hydrogen-bond acceptors (Lipinski definition) is 4. The molecule has 0 bridgehead atoms. The van der Waals surface area contributed by atoms with Crippen molar-refractivity contribution in [2.24, 2.45) is 0 Å². The number of aliphatic hydroxyl groups excluding tert-OH is 1.